The molecule has 5 nitrogen and oxygen atoms in total. The Morgan fingerprint density at radius 3 is 2.18 bits per heavy atom. The molecule has 0 bridgehead atoms. The van der Waals surface area contributed by atoms with Crippen molar-refractivity contribution in [1.82, 2.24) is 0 Å². The van der Waals surface area contributed by atoms with Crippen LogP contribution in [0.25, 0.3) is 11.1 Å². The van der Waals surface area contributed by atoms with Gasteiger partial charge in [-0.2, -0.15) is 0 Å². The molecule has 8 heteroatoms. The highest BCUT2D eigenvalue weighted by Gasteiger charge is 2.33. The van der Waals surface area contributed by atoms with E-state index in [1.165, 1.54) is 18.2 Å². The number of carbonyl (C=O) groups is 2. The minimum atomic E-state index is -4.89. The molecular formula is C26H32F3NO4. The van der Waals surface area contributed by atoms with E-state index in [2.05, 4.69) is 4.74 Å². The first-order valence-corrected chi connectivity index (χ1v) is 11.2. The monoisotopic (exact) mass is 479 g/mol. The summed E-state index contributed by atoms with van der Waals surface area (Å²) < 4.78 is 43.8. The highest BCUT2D eigenvalue weighted by atomic mass is 19.4. The van der Waals surface area contributed by atoms with E-state index in [0.29, 0.717) is 29.8 Å². The van der Waals surface area contributed by atoms with Crippen molar-refractivity contribution in [2.45, 2.75) is 67.2 Å². The Kier molecular flexibility index (Phi) is 8.40. The van der Waals surface area contributed by atoms with Crippen molar-refractivity contribution in [1.29, 1.82) is 0 Å². The Labute approximate surface area is 198 Å². The first-order chi connectivity index (χ1) is 15.7. The maximum atomic E-state index is 13.2. The summed E-state index contributed by atoms with van der Waals surface area (Å²) in [7, 11) is 0. The van der Waals surface area contributed by atoms with Gasteiger partial charge in [0.05, 0.1) is 0 Å². The number of ether oxygens (including phenoxy) is 1. The molecule has 1 N–H and O–H groups in total. The molecule has 0 radical (unpaired) electrons. The lowest BCUT2D eigenvalue weighted by Gasteiger charge is -2.31. The molecule has 1 amide bonds. The van der Waals surface area contributed by atoms with Crippen LogP contribution in [0.2, 0.25) is 0 Å². The van der Waals surface area contributed by atoms with Gasteiger partial charge < -0.3 is 14.7 Å². The van der Waals surface area contributed by atoms with Crippen LogP contribution >= 0.6 is 0 Å². The van der Waals surface area contributed by atoms with Crippen molar-refractivity contribution in [3.63, 3.8) is 0 Å². The van der Waals surface area contributed by atoms with Crippen LogP contribution < -0.4 is 9.64 Å². The summed E-state index contributed by atoms with van der Waals surface area (Å²) in [4.78, 5) is 25.8. The molecule has 0 saturated carbocycles. The van der Waals surface area contributed by atoms with E-state index in [9.17, 15) is 22.8 Å². The minimum absolute atomic E-state index is 0.0959. The number of hydrogen-bond acceptors (Lipinski definition) is 3. The number of carboxylic acid groups (broad SMARTS) is 1. The Morgan fingerprint density at radius 1 is 1.03 bits per heavy atom. The SMILES string of the molecule is CCc1cc(C)c(-c2cc(CCC(=O)O)ccc2OC(F)(F)F)cc1N(CC)C(=O)C(C)(C)C. The fourth-order valence-corrected chi connectivity index (χ4v) is 3.82. The number of nitrogens with zero attached hydrogens (tertiary/aromatic N) is 1. The van der Waals surface area contributed by atoms with Crippen LogP contribution in [0, 0.1) is 12.3 Å². The molecule has 2 aromatic carbocycles. The van der Waals surface area contributed by atoms with E-state index in [1.807, 2.05) is 40.7 Å². The number of aryl methyl sites for hydroxylation is 3. The van der Waals surface area contributed by atoms with Gasteiger partial charge in [-0.1, -0.05) is 39.8 Å². The average Bonchev–Trinajstić information content (AvgIpc) is 2.72. The van der Waals surface area contributed by atoms with Crippen molar-refractivity contribution < 1.29 is 32.6 Å². The zero-order chi connectivity index (χ0) is 25.8. The molecule has 0 aliphatic carbocycles. The quantitative estimate of drug-likeness (QED) is 0.467. The molecule has 0 unspecified atom stereocenters. The van der Waals surface area contributed by atoms with Gasteiger partial charge in [-0.15, -0.1) is 13.2 Å². The Morgan fingerprint density at radius 2 is 1.68 bits per heavy atom. The molecule has 0 aliphatic heterocycles. The van der Waals surface area contributed by atoms with Crippen LogP contribution in [-0.2, 0) is 22.4 Å². The number of aliphatic carboxylic acids is 1. The summed E-state index contributed by atoms with van der Waals surface area (Å²) in [5.41, 5.74) is 2.88. The largest absolute Gasteiger partial charge is 0.573 e. The third-order valence-electron chi connectivity index (χ3n) is 5.49. The molecule has 2 rings (SSSR count). The number of hydrogen-bond donors (Lipinski definition) is 1. The lowest BCUT2D eigenvalue weighted by Crippen LogP contribution is -2.40. The second kappa shape index (κ2) is 10.5. The van der Waals surface area contributed by atoms with E-state index < -0.39 is 17.7 Å². The van der Waals surface area contributed by atoms with E-state index in [-0.39, 0.29) is 30.1 Å². The number of rotatable bonds is 8. The lowest BCUT2D eigenvalue weighted by molar-refractivity contribution is -0.274. The number of alkyl halides is 3. The molecular weight excluding hydrogens is 447 g/mol. The van der Waals surface area contributed by atoms with Crippen molar-refractivity contribution in [2.75, 3.05) is 11.4 Å². The van der Waals surface area contributed by atoms with Crippen LogP contribution in [-0.4, -0.2) is 29.9 Å². The van der Waals surface area contributed by atoms with E-state index in [0.717, 1.165) is 11.1 Å². The molecule has 186 valence electrons. The van der Waals surface area contributed by atoms with Gasteiger partial charge in [-0.3, -0.25) is 9.59 Å². The highest BCUT2D eigenvalue weighted by molar-refractivity contribution is 5.98. The highest BCUT2D eigenvalue weighted by Crippen LogP contribution is 2.40. The van der Waals surface area contributed by atoms with E-state index >= 15 is 0 Å². The summed E-state index contributed by atoms with van der Waals surface area (Å²) in [5.74, 6) is -1.47. The average molecular weight is 480 g/mol. The van der Waals surface area contributed by atoms with Gasteiger partial charge in [0.25, 0.3) is 0 Å². The van der Waals surface area contributed by atoms with E-state index in [4.69, 9.17) is 5.11 Å². The van der Waals surface area contributed by atoms with Crippen LogP contribution in [0.4, 0.5) is 18.9 Å². The summed E-state index contributed by atoms with van der Waals surface area (Å²) in [5, 5.41) is 9.00. The molecule has 0 fully saturated rings. The topological polar surface area (TPSA) is 66.8 Å². The van der Waals surface area contributed by atoms with Crippen molar-refractivity contribution in [2.24, 2.45) is 5.41 Å². The second-order valence-corrected chi connectivity index (χ2v) is 9.22. The third kappa shape index (κ3) is 6.74. The molecule has 0 atom stereocenters. The maximum Gasteiger partial charge on any atom is 0.573 e. The van der Waals surface area contributed by atoms with Gasteiger partial charge in [-0.25, -0.2) is 0 Å². The van der Waals surface area contributed by atoms with Crippen LogP contribution in [0.3, 0.4) is 0 Å². The predicted molar refractivity (Wildman–Crippen MR) is 126 cm³/mol. The Bertz CT molecular complexity index is 1060. The molecule has 2 aromatic rings. The standard InChI is InChI=1S/C26H32F3NO4/c1-7-18-13-16(3)19(15-21(18)30(8-2)24(33)25(4,5)6)20-14-17(10-12-23(31)32)9-11-22(20)34-26(27,28)29/h9,11,13-15H,7-8,10,12H2,1-6H3,(H,31,32). The van der Waals surface area contributed by atoms with Gasteiger partial charge in [0, 0.05) is 29.6 Å². The number of amides is 1. The van der Waals surface area contributed by atoms with Crippen LogP contribution in [0.15, 0.2) is 30.3 Å². The first kappa shape index (κ1) is 27.2. The smallest absolute Gasteiger partial charge is 0.481 e. The normalized spacial score (nSPS) is 11.9. The fraction of sp³-hybridized carbons (Fsp3) is 0.462. The molecule has 0 aliphatic rings. The van der Waals surface area contributed by atoms with Gasteiger partial charge in [-0.05, 0) is 67.1 Å². The van der Waals surface area contributed by atoms with Crippen LogP contribution in [0.1, 0.15) is 57.7 Å². The zero-order valence-electron chi connectivity index (χ0n) is 20.5. The summed E-state index contributed by atoms with van der Waals surface area (Å²) >= 11 is 0. The van der Waals surface area contributed by atoms with Crippen molar-refractivity contribution in [3.8, 4) is 16.9 Å². The number of carboxylic acids is 1. The maximum absolute atomic E-state index is 13.2. The zero-order valence-corrected chi connectivity index (χ0v) is 20.5. The first-order valence-electron chi connectivity index (χ1n) is 11.2. The Hall–Kier alpha value is -3.03. The fourth-order valence-electron chi connectivity index (χ4n) is 3.82. The van der Waals surface area contributed by atoms with Gasteiger partial charge in [0.15, 0.2) is 0 Å². The minimum Gasteiger partial charge on any atom is -0.481 e. The summed E-state index contributed by atoms with van der Waals surface area (Å²) in [6, 6.07) is 7.80. The van der Waals surface area contributed by atoms with Crippen LogP contribution in [0.5, 0.6) is 5.75 Å². The number of carbonyl (C=O) groups excluding carboxylic acids is 1. The van der Waals surface area contributed by atoms with Gasteiger partial charge >= 0.3 is 12.3 Å². The second-order valence-electron chi connectivity index (χ2n) is 9.22. The van der Waals surface area contributed by atoms with Gasteiger partial charge in [0.1, 0.15) is 5.75 Å². The summed E-state index contributed by atoms with van der Waals surface area (Å²) in [6.45, 7) is 11.5. The molecule has 0 heterocycles. The number of anilines is 1. The van der Waals surface area contributed by atoms with Crippen molar-refractivity contribution in [3.05, 3.63) is 47.0 Å². The van der Waals surface area contributed by atoms with Crippen molar-refractivity contribution >= 4 is 17.6 Å². The predicted octanol–water partition coefficient (Wildman–Crippen LogP) is 6.54. The Balaban J connectivity index is 2.75. The number of halogens is 3. The molecule has 0 aromatic heterocycles. The molecule has 0 spiro atoms. The molecule has 0 saturated heterocycles. The number of benzene rings is 2. The van der Waals surface area contributed by atoms with Gasteiger partial charge in [0.2, 0.25) is 5.91 Å². The summed E-state index contributed by atoms with van der Waals surface area (Å²) in [6.07, 6.45) is -4.25. The molecule has 34 heavy (non-hydrogen) atoms. The lowest BCUT2D eigenvalue weighted by atomic mass is 9.91. The third-order valence-corrected chi connectivity index (χ3v) is 5.49. The van der Waals surface area contributed by atoms with E-state index in [1.54, 1.807) is 17.9 Å².